The number of nitrogens with two attached hydrogens (primary N) is 1. The van der Waals surface area contributed by atoms with Crippen molar-refractivity contribution in [2.45, 2.75) is 31.4 Å². The van der Waals surface area contributed by atoms with Crippen molar-refractivity contribution in [3.63, 3.8) is 0 Å². The molecule has 2 aromatic rings. The van der Waals surface area contributed by atoms with E-state index in [9.17, 15) is 13.2 Å². The maximum atomic E-state index is 12.6. The molecule has 0 atom stereocenters. The number of hydrogen-bond acceptors (Lipinski definition) is 4. The molecule has 1 fully saturated rings. The SMILES string of the molecule is Nc1n[nH]c(-c2cnc(C(F)(F)F)s2)c1C1CCC1. The summed E-state index contributed by atoms with van der Waals surface area (Å²) in [6, 6.07) is 0. The fourth-order valence-corrected chi connectivity index (χ4v) is 2.98. The highest BCUT2D eigenvalue weighted by atomic mass is 32.1. The molecule has 1 saturated carbocycles. The van der Waals surface area contributed by atoms with E-state index < -0.39 is 11.2 Å². The zero-order valence-electron chi connectivity index (χ0n) is 9.79. The van der Waals surface area contributed by atoms with Gasteiger partial charge in [-0.2, -0.15) is 18.3 Å². The summed E-state index contributed by atoms with van der Waals surface area (Å²) in [5, 5.41) is 5.80. The van der Waals surface area contributed by atoms with Gasteiger partial charge in [-0.3, -0.25) is 5.10 Å². The predicted octanol–water partition coefficient (Wildman–Crippen LogP) is 3.40. The Morgan fingerprint density at radius 2 is 2.11 bits per heavy atom. The topological polar surface area (TPSA) is 67.6 Å². The molecule has 4 nitrogen and oxygen atoms in total. The van der Waals surface area contributed by atoms with Crippen molar-refractivity contribution < 1.29 is 13.2 Å². The van der Waals surface area contributed by atoms with Gasteiger partial charge in [-0.15, -0.1) is 11.3 Å². The van der Waals surface area contributed by atoms with Gasteiger partial charge < -0.3 is 5.73 Å². The van der Waals surface area contributed by atoms with Crippen LogP contribution in [-0.2, 0) is 6.18 Å². The normalized spacial score (nSPS) is 16.6. The Labute approximate surface area is 110 Å². The van der Waals surface area contributed by atoms with Crippen molar-refractivity contribution in [3.05, 3.63) is 16.8 Å². The molecule has 2 aromatic heterocycles. The fraction of sp³-hybridized carbons (Fsp3) is 0.455. The van der Waals surface area contributed by atoms with Gasteiger partial charge in [-0.05, 0) is 18.8 Å². The molecule has 2 heterocycles. The first-order valence-electron chi connectivity index (χ1n) is 5.84. The van der Waals surface area contributed by atoms with E-state index in [0.29, 0.717) is 33.6 Å². The lowest BCUT2D eigenvalue weighted by molar-refractivity contribution is -0.137. The third-order valence-electron chi connectivity index (χ3n) is 3.34. The average Bonchev–Trinajstić information content (AvgIpc) is 2.83. The fourth-order valence-electron chi connectivity index (χ4n) is 2.18. The van der Waals surface area contributed by atoms with Crippen LogP contribution in [0.25, 0.3) is 10.6 Å². The van der Waals surface area contributed by atoms with Crippen LogP contribution in [0.1, 0.15) is 35.8 Å². The van der Waals surface area contributed by atoms with Gasteiger partial charge in [0.25, 0.3) is 0 Å². The van der Waals surface area contributed by atoms with Crippen molar-refractivity contribution >= 4 is 17.2 Å². The highest BCUT2D eigenvalue weighted by Crippen LogP contribution is 2.45. The Morgan fingerprint density at radius 1 is 1.37 bits per heavy atom. The number of alkyl halides is 3. The number of aromatic nitrogens is 3. The first kappa shape index (κ1) is 12.5. The van der Waals surface area contributed by atoms with Crippen molar-refractivity contribution in [2.75, 3.05) is 5.73 Å². The molecule has 0 aliphatic heterocycles. The van der Waals surface area contributed by atoms with Crippen LogP contribution < -0.4 is 5.73 Å². The second kappa shape index (κ2) is 4.22. The number of nitrogens with zero attached hydrogens (tertiary/aromatic N) is 2. The Hall–Kier alpha value is -1.57. The molecule has 0 amide bonds. The lowest BCUT2D eigenvalue weighted by atomic mass is 9.79. The number of aromatic amines is 1. The quantitative estimate of drug-likeness (QED) is 0.890. The summed E-state index contributed by atoms with van der Waals surface area (Å²) in [6.45, 7) is 0. The number of halogens is 3. The van der Waals surface area contributed by atoms with Crippen LogP contribution >= 0.6 is 11.3 Å². The summed E-state index contributed by atoms with van der Waals surface area (Å²) in [4.78, 5) is 3.85. The zero-order valence-corrected chi connectivity index (χ0v) is 10.6. The Morgan fingerprint density at radius 3 is 2.63 bits per heavy atom. The number of H-pyrrole nitrogens is 1. The summed E-state index contributed by atoms with van der Waals surface area (Å²) >= 11 is 0.609. The van der Waals surface area contributed by atoms with Crippen molar-refractivity contribution in [1.29, 1.82) is 0 Å². The van der Waals surface area contributed by atoms with E-state index in [2.05, 4.69) is 15.2 Å². The highest BCUT2D eigenvalue weighted by Gasteiger charge is 2.35. The van der Waals surface area contributed by atoms with E-state index in [1.807, 2.05) is 0 Å². The van der Waals surface area contributed by atoms with Gasteiger partial charge >= 0.3 is 6.18 Å². The van der Waals surface area contributed by atoms with Crippen LogP contribution in [0.15, 0.2) is 6.20 Å². The van der Waals surface area contributed by atoms with Gasteiger partial charge in [0, 0.05) is 11.8 Å². The van der Waals surface area contributed by atoms with Crippen molar-refractivity contribution in [1.82, 2.24) is 15.2 Å². The standard InChI is InChI=1S/C11H11F3N4S/c12-11(13,14)10-16-4-6(19-10)8-7(5-2-1-3-5)9(15)18-17-8/h4-5H,1-3H2,(H3,15,17,18). The molecule has 3 rings (SSSR count). The predicted molar refractivity (Wildman–Crippen MR) is 65.7 cm³/mol. The van der Waals surface area contributed by atoms with Gasteiger partial charge in [0.15, 0.2) is 5.01 Å². The Bertz CT molecular complexity index is 597. The monoisotopic (exact) mass is 288 g/mol. The zero-order chi connectivity index (χ0) is 13.6. The summed E-state index contributed by atoms with van der Waals surface area (Å²) < 4.78 is 37.7. The van der Waals surface area contributed by atoms with Gasteiger partial charge in [-0.25, -0.2) is 4.98 Å². The van der Waals surface area contributed by atoms with Crippen LogP contribution in [0.3, 0.4) is 0 Å². The molecule has 1 aliphatic rings. The van der Waals surface area contributed by atoms with E-state index in [-0.39, 0.29) is 0 Å². The number of hydrogen-bond donors (Lipinski definition) is 2. The molecule has 102 valence electrons. The number of anilines is 1. The molecule has 0 aromatic carbocycles. The molecule has 3 N–H and O–H groups in total. The van der Waals surface area contributed by atoms with E-state index in [4.69, 9.17) is 5.73 Å². The van der Waals surface area contributed by atoms with Crippen LogP contribution in [-0.4, -0.2) is 15.2 Å². The molecule has 19 heavy (non-hydrogen) atoms. The molecular formula is C11H11F3N4S. The summed E-state index contributed by atoms with van der Waals surface area (Å²) in [7, 11) is 0. The number of thiazole rings is 1. The second-order valence-corrected chi connectivity index (χ2v) is 5.58. The maximum Gasteiger partial charge on any atom is 0.443 e. The smallest absolute Gasteiger partial charge is 0.382 e. The third-order valence-corrected chi connectivity index (χ3v) is 4.40. The molecule has 8 heteroatoms. The molecule has 0 unspecified atom stereocenters. The van der Waals surface area contributed by atoms with Crippen LogP contribution in [0.5, 0.6) is 0 Å². The number of rotatable bonds is 2. The summed E-state index contributed by atoms with van der Waals surface area (Å²) in [5.74, 6) is 0.673. The minimum Gasteiger partial charge on any atom is -0.382 e. The summed E-state index contributed by atoms with van der Waals surface area (Å²) in [5.41, 5.74) is 7.22. The second-order valence-electron chi connectivity index (χ2n) is 4.55. The number of nitrogen functional groups attached to an aromatic ring is 1. The van der Waals surface area contributed by atoms with Crippen LogP contribution in [0.2, 0.25) is 0 Å². The van der Waals surface area contributed by atoms with Gasteiger partial charge in [0.2, 0.25) is 0 Å². The van der Waals surface area contributed by atoms with Crippen LogP contribution in [0, 0.1) is 0 Å². The Balaban J connectivity index is 2.00. The Kier molecular flexibility index (Phi) is 2.77. The van der Waals surface area contributed by atoms with Crippen molar-refractivity contribution in [2.24, 2.45) is 0 Å². The lowest BCUT2D eigenvalue weighted by Crippen LogP contribution is -2.10. The minimum atomic E-state index is -4.41. The highest BCUT2D eigenvalue weighted by molar-refractivity contribution is 7.15. The van der Waals surface area contributed by atoms with Crippen LogP contribution in [0.4, 0.5) is 19.0 Å². The molecule has 0 bridgehead atoms. The van der Waals surface area contributed by atoms with Crippen molar-refractivity contribution in [3.8, 4) is 10.6 Å². The largest absolute Gasteiger partial charge is 0.443 e. The van der Waals surface area contributed by atoms with E-state index in [1.54, 1.807) is 0 Å². The molecule has 0 spiro atoms. The summed E-state index contributed by atoms with van der Waals surface area (Å²) in [6.07, 6.45) is -0.0672. The first-order chi connectivity index (χ1) is 8.97. The third kappa shape index (κ3) is 2.09. The maximum absolute atomic E-state index is 12.6. The minimum absolute atomic E-state index is 0.296. The first-order valence-corrected chi connectivity index (χ1v) is 6.65. The van der Waals surface area contributed by atoms with E-state index in [1.165, 1.54) is 6.20 Å². The molecule has 1 aliphatic carbocycles. The van der Waals surface area contributed by atoms with Gasteiger partial charge in [-0.1, -0.05) is 6.42 Å². The van der Waals surface area contributed by atoms with Gasteiger partial charge in [0.05, 0.1) is 10.6 Å². The average molecular weight is 288 g/mol. The van der Waals surface area contributed by atoms with E-state index in [0.717, 1.165) is 24.8 Å². The van der Waals surface area contributed by atoms with Gasteiger partial charge in [0.1, 0.15) is 5.82 Å². The van der Waals surface area contributed by atoms with E-state index >= 15 is 0 Å². The molecule has 0 saturated heterocycles. The molecule has 0 radical (unpaired) electrons. The number of nitrogens with one attached hydrogen (secondary N) is 1. The lowest BCUT2D eigenvalue weighted by Gasteiger charge is -2.25. The molecular weight excluding hydrogens is 277 g/mol.